The van der Waals surface area contributed by atoms with Gasteiger partial charge in [-0.3, -0.25) is 14.6 Å². The number of morpholine rings is 1. The van der Waals surface area contributed by atoms with Crippen molar-refractivity contribution in [2.45, 2.75) is 26.3 Å². The first-order valence-corrected chi connectivity index (χ1v) is 11.5. The number of carbonyl (C=O) groups is 1. The summed E-state index contributed by atoms with van der Waals surface area (Å²) in [7, 11) is 0. The van der Waals surface area contributed by atoms with Gasteiger partial charge in [0.15, 0.2) is 0 Å². The van der Waals surface area contributed by atoms with E-state index in [1.807, 2.05) is 22.4 Å². The number of ether oxygens (including phenoxy) is 1. The molecule has 3 heterocycles. The summed E-state index contributed by atoms with van der Waals surface area (Å²) in [5.74, 6) is -1.41. The van der Waals surface area contributed by atoms with Crippen LogP contribution < -0.4 is 15.4 Å². The van der Waals surface area contributed by atoms with Crippen molar-refractivity contribution in [2.24, 2.45) is 0 Å². The number of hydrogen-bond donors (Lipinski definition) is 1. The van der Waals surface area contributed by atoms with Crippen LogP contribution in [0, 0.1) is 18.6 Å². The van der Waals surface area contributed by atoms with Crippen LogP contribution in [0.1, 0.15) is 22.6 Å². The maximum Gasteiger partial charge on any atom is 0.255 e. The Balaban J connectivity index is 1.53. The second kappa shape index (κ2) is 10.2. The molecule has 3 aromatic rings. The highest BCUT2D eigenvalue weighted by Crippen LogP contribution is 2.25. The van der Waals surface area contributed by atoms with Crippen LogP contribution in [0.4, 0.5) is 20.4 Å². The van der Waals surface area contributed by atoms with Crippen molar-refractivity contribution in [3.8, 4) is 0 Å². The highest BCUT2D eigenvalue weighted by atomic mass is 32.1. The molecule has 1 saturated heterocycles. The smallest absolute Gasteiger partial charge is 0.255 e. The molecule has 0 atom stereocenters. The summed E-state index contributed by atoms with van der Waals surface area (Å²) in [5.41, 5.74) is 0.664. The van der Waals surface area contributed by atoms with Crippen LogP contribution in [0.3, 0.4) is 0 Å². The first-order chi connectivity index (χ1) is 15.9. The highest BCUT2D eigenvalue weighted by molar-refractivity contribution is 7.09. The summed E-state index contributed by atoms with van der Waals surface area (Å²) >= 11 is 1.44. The van der Waals surface area contributed by atoms with Gasteiger partial charge in [0.05, 0.1) is 25.4 Å². The fourth-order valence-electron chi connectivity index (χ4n) is 3.75. The predicted octanol–water partition coefficient (Wildman–Crippen LogP) is 3.42. The van der Waals surface area contributed by atoms with Crippen LogP contribution >= 0.6 is 11.3 Å². The van der Waals surface area contributed by atoms with Gasteiger partial charge in [0, 0.05) is 41.7 Å². The SMILES string of the molecule is Cc1nc(N2CCOCC2)[nH]c(=O)c1CCC(=O)N(Cc1cccs1)c1ccc(F)cc1F. The molecule has 1 fully saturated rings. The molecule has 0 radical (unpaired) electrons. The molecule has 33 heavy (non-hydrogen) atoms. The van der Waals surface area contributed by atoms with Crippen LogP contribution in [0.15, 0.2) is 40.5 Å². The summed E-state index contributed by atoms with van der Waals surface area (Å²) in [6.07, 6.45) is 0.130. The van der Waals surface area contributed by atoms with Gasteiger partial charge in [-0.1, -0.05) is 6.07 Å². The van der Waals surface area contributed by atoms with Gasteiger partial charge in [-0.05, 0) is 36.9 Å². The lowest BCUT2D eigenvalue weighted by molar-refractivity contribution is -0.118. The van der Waals surface area contributed by atoms with Crippen molar-refractivity contribution in [3.63, 3.8) is 0 Å². The van der Waals surface area contributed by atoms with Crippen LogP contribution in [0.2, 0.25) is 0 Å². The number of halogens is 2. The third-order valence-corrected chi connectivity index (χ3v) is 6.37. The Morgan fingerprint density at radius 1 is 1.27 bits per heavy atom. The molecule has 0 spiro atoms. The second-order valence-electron chi connectivity index (χ2n) is 7.71. The predicted molar refractivity (Wildman–Crippen MR) is 123 cm³/mol. The van der Waals surface area contributed by atoms with Gasteiger partial charge < -0.3 is 14.5 Å². The zero-order valence-corrected chi connectivity index (χ0v) is 19.0. The number of hydrogen-bond acceptors (Lipinski definition) is 6. The molecular formula is C23H24F2N4O3S. The van der Waals surface area contributed by atoms with Crippen molar-refractivity contribution >= 4 is 28.9 Å². The summed E-state index contributed by atoms with van der Waals surface area (Å²) in [5, 5.41) is 1.86. The molecule has 1 N–H and O–H groups in total. The minimum Gasteiger partial charge on any atom is -0.378 e. The molecule has 1 aromatic carbocycles. The number of H-pyrrole nitrogens is 1. The zero-order valence-electron chi connectivity index (χ0n) is 18.1. The van der Waals surface area contributed by atoms with Gasteiger partial charge >= 0.3 is 0 Å². The van der Waals surface area contributed by atoms with Crippen molar-refractivity contribution in [1.82, 2.24) is 9.97 Å². The summed E-state index contributed by atoms with van der Waals surface area (Å²) in [6, 6.07) is 6.82. The Morgan fingerprint density at radius 3 is 2.73 bits per heavy atom. The van der Waals surface area contributed by atoms with Crippen LogP contribution in [0.25, 0.3) is 0 Å². The maximum atomic E-state index is 14.5. The Hall–Kier alpha value is -3.11. The number of amides is 1. The number of aryl methyl sites for hydroxylation is 1. The lowest BCUT2D eigenvalue weighted by Crippen LogP contribution is -2.38. The average Bonchev–Trinajstić information content (AvgIpc) is 3.31. The number of benzene rings is 1. The molecule has 0 saturated carbocycles. The zero-order chi connectivity index (χ0) is 23.4. The van der Waals surface area contributed by atoms with Crippen molar-refractivity contribution in [2.75, 3.05) is 36.1 Å². The number of thiophene rings is 1. The van der Waals surface area contributed by atoms with Gasteiger partial charge in [0.2, 0.25) is 11.9 Å². The first-order valence-electron chi connectivity index (χ1n) is 10.6. The van der Waals surface area contributed by atoms with Crippen molar-refractivity contribution in [3.05, 3.63) is 73.8 Å². The van der Waals surface area contributed by atoms with Gasteiger partial charge in [0.25, 0.3) is 5.56 Å². The summed E-state index contributed by atoms with van der Waals surface area (Å²) < 4.78 is 33.2. The molecule has 1 aliphatic heterocycles. The molecule has 4 rings (SSSR count). The maximum absolute atomic E-state index is 14.5. The fourth-order valence-corrected chi connectivity index (χ4v) is 4.44. The van der Waals surface area contributed by atoms with Gasteiger partial charge in [0.1, 0.15) is 11.6 Å². The van der Waals surface area contributed by atoms with E-state index < -0.39 is 11.6 Å². The Bertz CT molecular complexity index is 1180. The molecule has 2 aromatic heterocycles. The average molecular weight is 475 g/mol. The Morgan fingerprint density at radius 2 is 2.06 bits per heavy atom. The number of carbonyl (C=O) groups excluding carboxylic acids is 1. The number of nitrogens with one attached hydrogen (secondary N) is 1. The van der Waals surface area contributed by atoms with E-state index in [1.54, 1.807) is 6.92 Å². The molecule has 1 aliphatic rings. The number of anilines is 2. The van der Waals surface area contributed by atoms with Gasteiger partial charge in [-0.15, -0.1) is 11.3 Å². The minimum absolute atomic E-state index is 0.00113. The second-order valence-corrected chi connectivity index (χ2v) is 8.74. The van der Waals surface area contributed by atoms with E-state index in [0.29, 0.717) is 43.5 Å². The van der Waals surface area contributed by atoms with Gasteiger partial charge in [-0.2, -0.15) is 0 Å². The Labute approximate surface area is 193 Å². The monoisotopic (exact) mass is 474 g/mol. The number of aromatic amines is 1. The van der Waals surface area contributed by atoms with Crippen LogP contribution in [-0.4, -0.2) is 42.2 Å². The van der Waals surface area contributed by atoms with E-state index in [1.165, 1.54) is 22.3 Å². The standard InChI is InChI=1S/C23H24F2N4O3S/c1-15-18(22(31)27-23(26-15)28-8-10-32-11-9-28)5-7-21(30)29(14-17-3-2-12-33-17)20-6-4-16(24)13-19(20)25/h2-4,6,12-13H,5,7-11,14H2,1H3,(H,26,27,31). The summed E-state index contributed by atoms with van der Waals surface area (Å²) in [4.78, 5) is 37.3. The quantitative estimate of drug-likeness (QED) is 0.568. The normalized spacial score (nSPS) is 13.8. The van der Waals surface area contributed by atoms with E-state index in [0.717, 1.165) is 17.0 Å². The first kappa shape index (κ1) is 23.1. The summed E-state index contributed by atoms with van der Waals surface area (Å²) in [6.45, 7) is 4.31. The molecular weight excluding hydrogens is 450 g/mol. The molecule has 174 valence electrons. The third-order valence-electron chi connectivity index (χ3n) is 5.50. The molecule has 10 heteroatoms. The van der Waals surface area contributed by atoms with Crippen LogP contribution in [-0.2, 0) is 22.5 Å². The van der Waals surface area contributed by atoms with E-state index in [4.69, 9.17) is 4.74 Å². The van der Waals surface area contributed by atoms with Crippen molar-refractivity contribution < 1.29 is 18.3 Å². The van der Waals surface area contributed by atoms with Gasteiger partial charge in [-0.25, -0.2) is 13.8 Å². The topological polar surface area (TPSA) is 78.5 Å². The third kappa shape index (κ3) is 5.45. The van der Waals surface area contributed by atoms with E-state index in [-0.39, 0.29) is 36.5 Å². The molecule has 0 bridgehead atoms. The molecule has 1 amide bonds. The lowest BCUT2D eigenvalue weighted by atomic mass is 10.1. The number of aromatic nitrogens is 2. The van der Waals surface area contributed by atoms with Crippen LogP contribution in [0.5, 0.6) is 0 Å². The number of nitrogens with zero attached hydrogens (tertiary/aromatic N) is 3. The minimum atomic E-state index is -0.814. The fraction of sp³-hybridized carbons (Fsp3) is 0.348. The largest absolute Gasteiger partial charge is 0.378 e. The van der Waals surface area contributed by atoms with Crippen molar-refractivity contribution in [1.29, 1.82) is 0 Å². The highest BCUT2D eigenvalue weighted by Gasteiger charge is 2.22. The van der Waals surface area contributed by atoms with E-state index in [9.17, 15) is 18.4 Å². The molecule has 0 unspecified atom stereocenters. The molecule has 7 nitrogen and oxygen atoms in total. The lowest BCUT2D eigenvalue weighted by Gasteiger charge is -2.27. The van der Waals surface area contributed by atoms with E-state index >= 15 is 0 Å². The van der Waals surface area contributed by atoms with E-state index in [2.05, 4.69) is 9.97 Å². The molecule has 0 aliphatic carbocycles. The number of rotatable bonds is 7. The Kier molecular flexibility index (Phi) is 7.14.